The Kier molecular flexibility index (Phi) is 7.03. The molecule has 0 radical (unpaired) electrons. The van der Waals surface area contributed by atoms with Gasteiger partial charge in [-0.1, -0.05) is 11.6 Å². The van der Waals surface area contributed by atoms with Crippen LogP contribution in [0.2, 0.25) is 5.02 Å². The molecule has 3 aromatic rings. The normalized spacial score (nSPS) is 13.5. The Morgan fingerprint density at radius 3 is 2.47 bits per heavy atom. The van der Waals surface area contributed by atoms with E-state index in [-0.39, 0.29) is 12.5 Å². The molecular weight excluding hydrogens is 430 g/mol. The van der Waals surface area contributed by atoms with Crippen LogP contribution in [0.3, 0.4) is 0 Å². The summed E-state index contributed by atoms with van der Waals surface area (Å²) in [4.78, 5) is 23.4. The maximum Gasteiger partial charge on any atom is 0.262 e. The summed E-state index contributed by atoms with van der Waals surface area (Å²) in [6, 6.07) is 16.2. The molecule has 8 nitrogen and oxygen atoms in total. The number of ether oxygens (including phenoxy) is 2. The second kappa shape index (κ2) is 10.3. The van der Waals surface area contributed by atoms with Gasteiger partial charge >= 0.3 is 0 Å². The van der Waals surface area contributed by atoms with Gasteiger partial charge in [0, 0.05) is 35.6 Å². The number of aryl methyl sites for hydroxylation is 1. The van der Waals surface area contributed by atoms with Crippen LogP contribution in [0, 0.1) is 6.92 Å². The second-order valence-electron chi connectivity index (χ2n) is 7.25. The highest BCUT2D eigenvalue weighted by Gasteiger charge is 2.14. The van der Waals surface area contributed by atoms with E-state index in [1.807, 2.05) is 37.3 Å². The standard InChI is InChI=1S/C23H24ClN5O3/c1-16-25-21(14-22(26-16)29-10-12-31-13-11-29)27-18-4-6-19(7-5-18)28-23(30)15-32-20-8-2-17(24)3-9-20/h2-9,14H,10-13,15H2,1H3,(H,28,30)(H,25,26,27). The van der Waals surface area contributed by atoms with Crippen molar-refractivity contribution in [3.05, 3.63) is 65.4 Å². The number of carbonyl (C=O) groups excluding carboxylic acids is 1. The number of carbonyl (C=O) groups is 1. The van der Waals surface area contributed by atoms with Gasteiger partial charge in [-0.3, -0.25) is 4.79 Å². The Balaban J connectivity index is 1.33. The van der Waals surface area contributed by atoms with Crippen molar-refractivity contribution in [1.82, 2.24) is 9.97 Å². The van der Waals surface area contributed by atoms with Crippen LogP contribution in [-0.2, 0) is 9.53 Å². The molecule has 1 aliphatic heterocycles. The molecule has 0 aliphatic carbocycles. The van der Waals surface area contributed by atoms with Gasteiger partial charge in [0.2, 0.25) is 0 Å². The first-order chi connectivity index (χ1) is 15.5. The zero-order chi connectivity index (χ0) is 22.3. The first-order valence-electron chi connectivity index (χ1n) is 10.3. The third kappa shape index (κ3) is 6.09. The third-order valence-corrected chi connectivity index (χ3v) is 5.04. The summed E-state index contributed by atoms with van der Waals surface area (Å²) >= 11 is 5.84. The number of amides is 1. The van der Waals surface area contributed by atoms with Crippen molar-refractivity contribution in [3.8, 4) is 5.75 Å². The number of morpholine rings is 1. The largest absolute Gasteiger partial charge is 0.484 e. The van der Waals surface area contributed by atoms with Crippen LogP contribution in [0.1, 0.15) is 5.82 Å². The van der Waals surface area contributed by atoms with Crippen molar-refractivity contribution in [2.24, 2.45) is 0 Å². The molecule has 0 unspecified atom stereocenters. The van der Waals surface area contributed by atoms with Crippen molar-refractivity contribution in [1.29, 1.82) is 0 Å². The number of nitrogens with one attached hydrogen (secondary N) is 2. The molecule has 0 bridgehead atoms. The lowest BCUT2D eigenvalue weighted by molar-refractivity contribution is -0.118. The minimum Gasteiger partial charge on any atom is -0.484 e. The highest BCUT2D eigenvalue weighted by Crippen LogP contribution is 2.22. The van der Waals surface area contributed by atoms with Crippen molar-refractivity contribution in [3.63, 3.8) is 0 Å². The molecule has 1 amide bonds. The van der Waals surface area contributed by atoms with Crippen LogP contribution in [0.25, 0.3) is 0 Å². The average molecular weight is 454 g/mol. The van der Waals surface area contributed by atoms with E-state index >= 15 is 0 Å². The van der Waals surface area contributed by atoms with Gasteiger partial charge in [-0.15, -0.1) is 0 Å². The maximum absolute atomic E-state index is 12.1. The van der Waals surface area contributed by atoms with Gasteiger partial charge in [0.1, 0.15) is 23.2 Å². The topological polar surface area (TPSA) is 88.6 Å². The van der Waals surface area contributed by atoms with Gasteiger partial charge in [-0.2, -0.15) is 0 Å². The maximum atomic E-state index is 12.1. The van der Waals surface area contributed by atoms with E-state index in [2.05, 4.69) is 25.5 Å². The lowest BCUT2D eigenvalue weighted by atomic mass is 10.2. The van der Waals surface area contributed by atoms with E-state index in [0.717, 1.165) is 24.6 Å². The van der Waals surface area contributed by atoms with Gasteiger partial charge in [-0.05, 0) is 55.5 Å². The molecule has 0 spiro atoms. The number of nitrogens with zero attached hydrogens (tertiary/aromatic N) is 3. The van der Waals surface area contributed by atoms with E-state index in [1.165, 1.54) is 0 Å². The van der Waals surface area contributed by atoms with Crippen molar-refractivity contribution < 1.29 is 14.3 Å². The number of rotatable bonds is 7. The predicted molar refractivity (Wildman–Crippen MR) is 125 cm³/mol. The summed E-state index contributed by atoms with van der Waals surface area (Å²) in [7, 11) is 0. The fourth-order valence-electron chi connectivity index (χ4n) is 3.23. The predicted octanol–water partition coefficient (Wildman–Crippen LogP) is 4.04. The molecular formula is C23H24ClN5O3. The first-order valence-corrected chi connectivity index (χ1v) is 10.7. The molecule has 0 atom stereocenters. The number of hydrogen-bond acceptors (Lipinski definition) is 7. The number of anilines is 4. The molecule has 2 heterocycles. The van der Waals surface area contributed by atoms with E-state index in [0.29, 0.717) is 41.3 Å². The van der Waals surface area contributed by atoms with Gasteiger partial charge in [0.25, 0.3) is 5.91 Å². The van der Waals surface area contributed by atoms with Crippen LogP contribution in [0.15, 0.2) is 54.6 Å². The lowest BCUT2D eigenvalue weighted by Gasteiger charge is -2.28. The van der Waals surface area contributed by atoms with Crippen LogP contribution in [0.4, 0.5) is 23.0 Å². The van der Waals surface area contributed by atoms with Crippen LogP contribution < -0.4 is 20.3 Å². The van der Waals surface area contributed by atoms with E-state index in [1.54, 1.807) is 24.3 Å². The fourth-order valence-corrected chi connectivity index (χ4v) is 3.36. The second-order valence-corrected chi connectivity index (χ2v) is 7.69. The molecule has 1 aromatic heterocycles. The molecule has 9 heteroatoms. The Labute approximate surface area is 191 Å². The average Bonchev–Trinajstić information content (AvgIpc) is 2.80. The number of benzene rings is 2. The molecule has 2 aromatic carbocycles. The van der Waals surface area contributed by atoms with Crippen LogP contribution in [-0.4, -0.2) is 48.8 Å². The van der Waals surface area contributed by atoms with E-state index in [4.69, 9.17) is 21.1 Å². The van der Waals surface area contributed by atoms with Crippen molar-refractivity contribution in [2.45, 2.75) is 6.92 Å². The fraction of sp³-hybridized carbons (Fsp3) is 0.261. The van der Waals surface area contributed by atoms with Crippen LogP contribution >= 0.6 is 11.6 Å². The highest BCUT2D eigenvalue weighted by molar-refractivity contribution is 6.30. The summed E-state index contributed by atoms with van der Waals surface area (Å²) in [5.41, 5.74) is 1.53. The van der Waals surface area contributed by atoms with Crippen molar-refractivity contribution >= 4 is 40.5 Å². The van der Waals surface area contributed by atoms with Gasteiger partial charge in [0.15, 0.2) is 6.61 Å². The van der Waals surface area contributed by atoms with E-state index in [9.17, 15) is 4.79 Å². The minimum atomic E-state index is -0.248. The molecule has 4 rings (SSSR count). The molecule has 1 saturated heterocycles. The zero-order valence-corrected chi connectivity index (χ0v) is 18.4. The van der Waals surface area contributed by atoms with Crippen molar-refractivity contribution in [2.75, 3.05) is 48.4 Å². The summed E-state index contributed by atoms with van der Waals surface area (Å²) < 4.78 is 10.9. The Morgan fingerprint density at radius 2 is 1.75 bits per heavy atom. The third-order valence-electron chi connectivity index (χ3n) is 4.78. The first kappa shape index (κ1) is 21.9. The van der Waals surface area contributed by atoms with Gasteiger partial charge < -0.3 is 25.0 Å². The zero-order valence-electron chi connectivity index (χ0n) is 17.7. The number of aromatic nitrogens is 2. The van der Waals surface area contributed by atoms with E-state index < -0.39 is 0 Å². The number of halogens is 1. The minimum absolute atomic E-state index is 0.0911. The Bertz CT molecular complexity index is 1050. The Morgan fingerprint density at radius 1 is 1.06 bits per heavy atom. The molecule has 1 fully saturated rings. The summed E-state index contributed by atoms with van der Waals surface area (Å²) in [6.07, 6.45) is 0. The summed E-state index contributed by atoms with van der Waals surface area (Å²) in [5, 5.41) is 6.73. The number of hydrogen-bond donors (Lipinski definition) is 2. The smallest absolute Gasteiger partial charge is 0.262 e. The molecule has 0 saturated carbocycles. The summed E-state index contributed by atoms with van der Waals surface area (Å²) in [6.45, 7) is 4.80. The molecule has 1 aliphatic rings. The summed E-state index contributed by atoms with van der Waals surface area (Å²) in [5.74, 6) is 2.63. The lowest BCUT2D eigenvalue weighted by Crippen LogP contribution is -2.36. The highest BCUT2D eigenvalue weighted by atomic mass is 35.5. The quantitative estimate of drug-likeness (QED) is 0.558. The van der Waals surface area contributed by atoms with Crippen LogP contribution in [0.5, 0.6) is 5.75 Å². The Hall–Kier alpha value is -3.36. The monoisotopic (exact) mass is 453 g/mol. The molecule has 166 valence electrons. The SMILES string of the molecule is Cc1nc(Nc2ccc(NC(=O)COc3ccc(Cl)cc3)cc2)cc(N2CCOCC2)n1. The molecule has 2 N–H and O–H groups in total. The molecule has 32 heavy (non-hydrogen) atoms. The van der Waals surface area contributed by atoms with Gasteiger partial charge in [-0.25, -0.2) is 9.97 Å². The van der Waals surface area contributed by atoms with Gasteiger partial charge in [0.05, 0.1) is 13.2 Å².